The van der Waals surface area contributed by atoms with Crippen molar-refractivity contribution < 1.29 is 28.6 Å². The topological polar surface area (TPSA) is 118 Å². The van der Waals surface area contributed by atoms with E-state index in [0.717, 1.165) is 0 Å². The zero-order valence-corrected chi connectivity index (χ0v) is 12.8. The molecule has 0 saturated heterocycles. The summed E-state index contributed by atoms with van der Waals surface area (Å²) in [6, 6.07) is 3.02. The van der Waals surface area contributed by atoms with Crippen LogP contribution >= 0.6 is 15.9 Å². The van der Waals surface area contributed by atoms with E-state index in [0.29, 0.717) is 4.67 Å². The first-order chi connectivity index (χ1) is 9.92. The molecule has 1 atom stereocenters. The van der Waals surface area contributed by atoms with Gasteiger partial charge in [0.15, 0.2) is 10.4 Å². The highest BCUT2D eigenvalue weighted by Gasteiger charge is 2.15. The molecule has 1 rings (SSSR count). The third-order valence-corrected chi connectivity index (χ3v) is 2.90. The van der Waals surface area contributed by atoms with Crippen molar-refractivity contribution in [3.8, 4) is 0 Å². The van der Waals surface area contributed by atoms with E-state index in [-0.39, 0.29) is 25.3 Å². The van der Waals surface area contributed by atoms with Crippen LogP contribution in [0.1, 0.15) is 17.0 Å². The number of rotatable bonds is 8. The summed E-state index contributed by atoms with van der Waals surface area (Å²) >= 11 is 3.06. The normalized spacial score (nSPS) is 11.7. The second-order valence-electron chi connectivity index (χ2n) is 4.05. The number of halogens is 1. The summed E-state index contributed by atoms with van der Waals surface area (Å²) in [4.78, 5) is 33.6. The fraction of sp³-hybridized carbons (Fsp3) is 0.417. The number of hydrogen-bond acceptors (Lipinski definition) is 5. The van der Waals surface area contributed by atoms with Gasteiger partial charge in [-0.1, -0.05) is 0 Å². The number of carbonyl (C=O) groups is 3. The van der Waals surface area contributed by atoms with Crippen molar-refractivity contribution in [1.82, 2.24) is 10.6 Å². The highest BCUT2D eigenvalue weighted by Crippen LogP contribution is 2.13. The van der Waals surface area contributed by atoms with Crippen LogP contribution in [0.2, 0.25) is 0 Å². The van der Waals surface area contributed by atoms with E-state index in [1.165, 1.54) is 13.2 Å². The molecule has 0 aliphatic rings. The Morgan fingerprint density at radius 3 is 2.62 bits per heavy atom. The maximum Gasteiger partial charge on any atom is 0.306 e. The summed E-state index contributed by atoms with van der Waals surface area (Å²) in [6.07, 6.45) is -0.841. The third kappa shape index (κ3) is 6.41. The van der Waals surface area contributed by atoms with Crippen LogP contribution < -0.4 is 10.6 Å². The van der Waals surface area contributed by atoms with E-state index in [9.17, 15) is 14.4 Å². The second-order valence-corrected chi connectivity index (χ2v) is 4.83. The Bertz CT molecular complexity index is 516. The van der Waals surface area contributed by atoms with E-state index < -0.39 is 23.9 Å². The van der Waals surface area contributed by atoms with E-state index in [1.54, 1.807) is 6.07 Å². The largest absolute Gasteiger partial charge is 0.481 e. The lowest BCUT2D eigenvalue weighted by Gasteiger charge is -2.13. The number of methoxy groups -OCH3 is 1. The van der Waals surface area contributed by atoms with E-state index in [2.05, 4.69) is 26.6 Å². The minimum atomic E-state index is -1.02. The van der Waals surface area contributed by atoms with E-state index >= 15 is 0 Å². The molecule has 116 valence electrons. The molecule has 0 radical (unpaired) electrons. The van der Waals surface area contributed by atoms with Crippen molar-refractivity contribution in [1.29, 1.82) is 0 Å². The number of carboxylic acids is 1. The molecule has 1 unspecified atom stereocenters. The van der Waals surface area contributed by atoms with Crippen LogP contribution in [0, 0.1) is 0 Å². The predicted octanol–water partition coefficient (Wildman–Crippen LogP) is 0.378. The molecule has 2 amide bonds. The monoisotopic (exact) mass is 362 g/mol. The van der Waals surface area contributed by atoms with Gasteiger partial charge in [-0.05, 0) is 28.1 Å². The van der Waals surface area contributed by atoms with Gasteiger partial charge in [0.2, 0.25) is 5.91 Å². The Hall–Kier alpha value is -1.87. The van der Waals surface area contributed by atoms with Gasteiger partial charge in [0.25, 0.3) is 5.91 Å². The number of hydrogen-bond donors (Lipinski definition) is 3. The highest BCUT2D eigenvalue weighted by molar-refractivity contribution is 9.10. The summed E-state index contributed by atoms with van der Waals surface area (Å²) < 4.78 is 10.3. The van der Waals surface area contributed by atoms with Crippen molar-refractivity contribution >= 4 is 33.7 Å². The Morgan fingerprint density at radius 1 is 1.38 bits per heavy atom. The lowest BCUT2D eigenvalue weighted by Crippen LogP contribution is -2.40. The molecule has 9 heteroatoms. The smallest absolute Gasteiger partial charge is 0.306 e. The van der Waals surface area contributed by atoms with Gasteiger partial charge >= 0.3 is 5.97 Å². The van der Waals surface area contributed by atoms with E-state index in [4.69, 9.17) is 14.3 Å². The van der Waals surface area contributed by atoms with Gasteiger partial charge in [-0.15, -0.1) is 0 Å². The van der Waals surface area contributed by atoms with Gasteiger partial charge < -0.3 is 24.9 Å². The van der Waals surface area contributed by atoms with Crippen LogP contribution in [0.3, 0.4) is 0 Å². The van der Waals surface area contributed by atoms with Crippen molar-refractivity contribution in [3.05, 3.63) is 22.6 Å². The lowest BCUT2D eigenvalue weighted by atomic mass is 10.2. The minimum absolute atomic E-state index is 0.0454. The molecule has 1 heterocycles. The van der Waals surface area contributed by atoms with Gasteiger partial charge in [0.05, 0.1) is 19.1 Å². The predicted molar refractivity (Wildman–Crippen MR) is 74.8 cm³/mol. The number of amides is 2. The average molecular weight is 363 g/mol. The fourth-order valence-corrected chi connectivity index (χ4v) is 1.71. The highest BCUT2D eigenvalue weighted by atomic mass is 79.9. The summed E-state index contributed by atoms with van der Waals surface area (Å²) in [7, 11) is 1.36. The first-order valence-electron chi connectivity index (χ1n) is 5.97. The van der Waals surface area contributed by atoms with Gasteiger partial charge in [-0.2, -0.15) is 0 Å². The van der Waals surface area contributed by atoms with Crippen LogP contribution in [0.25, 0.3) is 0 Å². The molecule has 0 aliphatic heterocycles. The van der Waals surface area contributed by atoms with Crippen LogP contribution in [0.5, 0.6) is 0 Å². The van der Waals surface area contributed by atoms with Crippen LogP contribution in [0.15, 0.2) is 21.2 Å². The number of carbonyl (C=O) groups excluding carboxylic acids is 2. The molecule has 3 N–H and O–H groups in total. The van der Waals surface area contributed by atoms with Gasteiger partial charge in [-0.3, -0.25) is 14.4 Å². The maximum atomic E-state index is 11.6. The average Bonchev–Trinajstić information content (AvgIpc) is 2.87. The zero-order chi connectivity index (χ0) is 15.8. The van der Waals surface area contributed by atoms with Crippen molar-refractivity contribution in [2.45, 2.75) is 12.5 Å². The molecule has 0 fully saturated rings. The third-order valence-electron chi connectivity index (χ3n) is 2.47. The summed E-state index contributed by atoms with van der Waals surface area (Å²) in [5.74, 6) is -1.92. The molecule has 0 saturated carbocycles. The van der Waals surface area contributed by atoms with Gasteiger partial charge in [0.1, 0.15) is 0 Å². The Labute approximate surface area is 129 Å². The van der Waals surface area contributed by atoms with E-state index in [1.807, 2.05) is 0 Å². The second kappa shape index (κ2) is 8.42. The molecule has 0 bridgehead atoms. The van der Waals surface area contributed by atoms with Gasteiger partial charge in [0, 0.05) is 13.7 Å². The van der Waals surface area contributed by atoms with Crippen molar-refractivity contribution in [2.75, 3.05) is 20.2 Å². The number of furan rings is 1. The number of ether oxygens (including phenoxy) is 1. The fourth-order valence-electron chi connectivity index (χ4n) is 1.41. The van der Waals surface area contributed by atoms with Crippen molar-refractivity contribution in [3.63, 3.8) is 0 Å². The number of nitrogens with one attached hydrogen (secondary N) is 2. The Morgan fingerprint density at radius 2 is 2.10 bits per heavy atom. The molecule has 8 nitrogen and oxygen atoms in total. The molecule has 0 aliphatic carbocycles. The van der Waals surface area contributed by atoms with Crippen LogP contribution in [0.4, 0.5) is 0 Å². The van der Waals surface area contributed by atoms with Crippen LogP contribution in [-0.2, 0) is 14.3 Å². The summed E-state index contributed by atoms with van der Waals surface area (Å²) in [6.45, 7) is -0.204. The SMILES string of the molecule is COC(CNC(=O)CNC(=O)c1ccc(Br)o1)CC(=O)O. The Kier molecular flexibility index (Phi) is 6.89. The molecular formula is C12H15BrN2O6. The molecule has 21 heavy (non-hydrogen) atoms. The Balaban J connectivity index is 2.30. The van der Waals surface area contributed by atoms with Crippen LogP contribution in [-0.4, -0.2) is 49.2 Å². The quantitative estimate of drug-likeness (QED) is 0.615. The number of aliphatic carboxylic acids is 1. The maximum absolute atomic E-state index is 11.6. The molecule has 0 aromatic carbocycles. The van der Waals surface area contributed by atoms with Crippen molar-refractivity contribution in [2.24, 2.45) is 0 Å². The first kappa shape index (κ1) is 17.2. The minimum Gasteiger partial charge on any atom is -0.481 e. The number of carboxylic acid groups (broad SMARTS) is 1. The molecule has 1 aromatic rings. The lowest BCUT2D eigenvalue weighted by molar-refractivity contribution is -0.140. The molecular weight excluding hydrogens is 348 g/mol. The summed E-state index contributed by atoms with van der Waals surface area (Å²) in [5.41, 5.74) is 0. The van der Waals surface area contributed by atoms with Gasteiger partial charge in [-0.25, -0.2) is 0 Å². The summed E-state index contributed by atoms with van der Waals surface area (Å²) in [5, 5.41) is 13.5. The zero-order valence-electron chi connectivity index (χ0n) is 11.2. The first-order valence-corrected chi connectivity index (χ1v) is 6.76. The molecule has 1 aromatic heterocycles. The standard InChI is InChI=1S/C12H15BrN2O6/c1-20-7(4-11(17)18)5-14-10(16)6-15-12(19)8-2-3-9(13)21-8/h2-3,7H,4-6H2,1H3,(H,14,16)(H,15,19)(H,17,18). The molecule has 0 spiro atoms.